The van der Waals surface area contributed by atoms with E-state index in [-0.39, 0.29) is 33.2 Å². The fourth-order valence-electron chi connectivity index (χ4n) is 8.85. The first-order chi connectivity index (χ1) is 17.8. The van der Waals surface area contributed by atoms with Crippen molar-refractivity contribution in [2.45, 2.75) is 113 Å². The minimum atomic E-state index is -0.285. The Morgan fingerprint density at radius 3 is 2.32 bits per heavy atom. The van der Waals surface area contributed by atoms with Gasteiger partial charge >= 0.3 is 0 Å². The summed E-state index contributed by atoms with van der Waals surface area (Å²) in [7, 11) is 0. The number of rotatable bonds is 5. The van der Waals surface area contributed by atoms with Gasteiger partial charge in [0.25, 0.3) is 0 Å². The number of allylic oxidation sites excluding steroid dienone is 7. The van der Waals surface area contributed by atoms with E-state index < -0.39 is 0 Å². The van der Waals surface area contributed by atoms with Crippen molar-refractivity contribution in [3.8, 4) is 0 Å². The third-order valence-electron chi connectivity index (χ3n) is 11.9. The van der Waals surface area contributed by atoms with Gasteiger partial charge in [0.15, 0.2) is 5.76 Å². The molecular formula is C34H51NO3. The summed E-state index contributed by atoms with van der Waals surface area (Å²) in [4.78, 5) is 28.0. The molecule has 38 heavy (non-hydrogen) atoms. The smallest absolute Gasteiger partial charge is 0.228 e. The van der Waals surface area contributed by atoms with Crippen molar-refractivity contribution in [3.63, 3.8) is 0 Å². The van der Waals surface area contributed by atoms with Crippen LogP contribution in [0, 0.1) is 27.6 Å². The first-order valence-electron chi connectivity index (χ1n) is 15.2. The van der Waals surface area contributed by atoms with E-state index in [0.29, 0.717) is 17.4 Å². The Morgan fingerprint density at radius 1 is 1.03 bits per heavy atom. The molecule has 0 aromatic carbocycles. The van der Waals surface area contributed by atoms with Gasteiger partial charge in [0, 0.05) is 24.1 Å². The number of fused-ring (bicyclic) bond motifs is 3. The highest BCUT2D eigenvalue weighted by Crippen LogP contribution is 2.71. The summed E-state index contributed by atoms with van der Waals surface area (Å²) >= 11 is 0. The van der Waals surface area contributed by atoms with E-state index in [1.54, 1.807) is 6.08 Å². The zero-order valence-corrected chi connectivity index (χ0v) is 25.3. The number of ketones is 1. The molecule has 0 radical (unpaired) electrons. The normalized spacial score (nSPS) is 39.6. The summed E-state index contributed by atoms with van der Waals surface area (Å²) in [6.45, 7) is 19.5. The molecule has 0 spiro atoms. The lowest BCUT2D eigenvalue weighted by Gasteiger charge is -2.67. The number of carbonyl (C=O) groups is 2. The average molecular weight is 522 g/mol. The summed E-state index contributed by atoms with van der Waals surface area (Å²) in [6, 6.07) is 0. The van der Waals surface area contributed by atoms with Gasteiger partial charge < -0.3 is 10.0 Å². The predicted molar refractivity (Wildman–Crippen MR) is 156 cm³/mol. The molecule has 0 aliphatic heterocycles. The van der Waals surface area contributed by atoms with Gasteiger partial charge in [-0.3, -0.25) is 9.59 Å². The average Bonchev–Trinajstić information content (AvgIpc) is 2.89. The molecule has 0 unspecified atom stereocenters. The number of aliphatic hydroxyl groups excluding tert-OH is 1. The van der Waals surface area contributed by atoms with Gasteiger partial charge in [0.2, 0.25) is 11.7 Å². The van der Waals surface area contributed by atoms with Crippen molar-refractivity contribution in [1.29, 1.82) is 0 Å². The highest BCUT2D eigenvalue weighted by atomic mass is 16.3. The number of amides is 1. The SMILES string of the molecule is CCC1=CC(=O)C(O)=C(C)/C1=C/C=C1\CCC[C@@]2(C)[C@@H]3C[C@](C)(C(=O)N(CC)CC)CC[C@]3(C)CC[C@]12C. The molecule has 0 heterocycles. The molecule has 1 N–H and O–H groups in total. The molecule has 0 bridgehead atoms. The number of carbonyl (C=O) groups excluding carboxylic acids is 2. The van der Waals surface area contributed by atoms with Crippen LogP contribution in [0.2, 0.25) is 0 Å². The van der Waals surface area contributed by atoms with Crippen LogP contribution in [-0.4, -0.2) is 34.8 Å². The van der Waals surface area contributed by atoms with Crippen LogP contribution in [0.4, 0.5) is 0 Å². The summed E-state index contributed by atoms with van der Waals surface area (Å²) in [5.41, 5.74) is 4.38. The van der Waals surface area contributed by atoms with Crippen LogP contribution in [0.3, 0.4) is 0 Å². The van der Waals surface area contributed by atoms with Gasteiger partial charge in [0.1, 0.15) is 0 Å². The molecule has 4 aliphatic carbocycles. The number of nitrogens with zero attached hydrogens (tertiary/aromatic N) is 1. The van der Waals surface area contributed by atoms with E-state index in [4.69, 9.17) is 0 Å². The van der Waals surface area contributed by atoms with Gasteiger partial charge in [-0.05, 0) is 118 Å². The minimum Gasteiger partial charge on any atom is -0.504 e. The summed E-state index contributed by atoms with van der Waals surface area (Å²) in [5, 5.41) is 10.4. The van der Waals surface area contributed by atoms with E-state index in [9.17, 15) is 14.7 Å². The standard InChI is InChI=1S/C34H51NO3/c1-9-24-21-27(36)29(37)23(4)26(24)15-14-25-13-12-16-34(8)28-22-32(6,30(38)35(10-2)11-3)18-17-31(28,5)19-20-33(25,34)7/h14-15,21,28,37H,9-13,16-20,22H2,1-8H3/b25-14+,26-15-/t28-,31-,32-,33-,34+/m1/s1. The first-order valence-corrected chi connectivity index (χ1v) is 15.2. The van der Waals surface area contributed by atoms with Gasteiger partial charge in [-0.25, -0.2) is 0 Å². The zero-order chi connectivity index (χ0) is 28.1. The largest absolute Gasteiger partial charge is 0.504 e. The van der Waals surface area contributed by atoms with E-state index >= 15 is 0 Å². The lowest BCUT2D eigenvalue weighted by molar-refractivity contribution is -0.169. The Morgan fingerprint density at radius 2 is 1.68 bits per heavy atom. The molecule has 0 aromatic heterocycles. The third kappa shape index (κ3) is 4.34. The van der Waals surface area contributed by atoms with Crippen molar-refractivity contribution in [1.82, 2.24) is 4.90 Å². The van der Waals surface area contributed by atoms with Crippen LogP contribution < -0.4 is 0 Å². The molecular weight excluding hydrogens is 470 g/mol. The summed E-state index contributed by atoms with van der Waals surface area (Å²) in [5.74, 6) is 0.448. The second kappa shape index (κ2) is 10.1. The van der Waals surface area contributed by atoms with Crippen LogP contribution in [0.15, 0.2) is 46.3 Å². The second-order valence-electron chi connectivity index (χ2n) is 13.7. The number of hydrogen-bond acceptors (Lipinski definition) is 3. The van der Waals surface area contributed by atoms with Gasteiger partial charge in [0.05, 0.1) is 0 Å². The molecule has 5 atom stereocenters. The van der Waals surface area contributed by atoms with Crippen molar-refractivity contribution in [2.24, 2.45) is 27.6 Å². The fraction of sp³-hybridized carbons (Fsp3) is 0.706. The minimum absolute atomic E-state index is 0.0726. The molecule has 4 aliphatic rings. The maximum absolute atomic E-state index is 13.7. The Labute approximate surface area is 231 Å². The lowest BCUT2D eigenvalue weighted by Crippen LogP contribution is -2.60. The van der Waals surface area contributed by atoms with Crippen LogP contribution in [0.1, 0.15) is 113 Å². The Hall–Kier alpha value is -2.10. The van der Waals surface area contributed by atoms with Gasteiger partial charge in [-0.2, -0.15) is 0 Å². The molecule has 4 heteroatoms. The molecule has 3 saturated carbocycles. The van der Waals surface area contributed by atoms with Gasteiger partial charge in [-0.1, -0.05) is 52.3 Å². The van der Waals surface area contributed by atoms with Crippen LogP contribution in [0.5, 0.6) is 0 Å². The fourth-order valence-corrected chi connectivity index (χ4v) is 8.85. The Bertz CT molecular complexity index is 1120. The molecule has 210 valence electrons. The predicted octanol–water partition coefficient (Wildman–Crippen LogP) is 8.26. The lowest BCUT2D eigenvalue weighted by atomic mass is 9.37. The summed E-state index contributed by atoms with van der Waals surface area (Å²) < 4.78 is 0. The first kappa shape index (κ1) is 28.9. The van der Waals surface area contributed by atoms with Crippen molar-refractivity contribution in [2.75, 3.05) is 13.1 Å². The van der Waals surface area contributed by atoms with Crippen LogP contribution in [-0.2, 0) is 9.59 Å². The quantitative estimate of drug-likeness (QED) is 0.396. The van der Waals surface area contributed by atoms with Crippen molar-refractivity contribution in [3.05, 3.63) is 46.3 Å². The number of hydrogen-bond donors (Lipinski definition) is 1. The molecule has 0 saturated heterocycles. The van der Waals surface area contributed by atoms with Crippen LogP contribution >= 0.6 is 0 Å². The Kier molecular flexibility index (Phi) is 7.71. The maximum Gasteiger partial charge on any atom is 0.228 e. The molecule has 4 rings (SSSR count). The molecule has 0 aromatic rings. The highest BCUT2D eigenvalue weighted by Gasteiger charge is 2.63. The maximum atomic E-state index is 13.7. The molecule has 4 nitrogen and oxygen atoms in total. The molecule has 3 fully saturated rings. The topological polar surface area (TPSA) is 57.6 Å². The monoisotopic (exact) mass is 521 g/mol. The summed E-state index contributed by atoms with van der Waals surface area (Å²) in [6.07, 6.45) is 15.8. The molecule has 1 amide bonds. The zero-order valence-electron chi connectivity index (χ0n) is 25.3. The number of aliphatic hydroxyl groups is 1. The van der Waals surface area contributed by atoms with E-state index in [0.717, 1.165) is 56.3 Å². The van der Waals surface area contributed by atoms with E-state index in [2.05, 4.69) is 60.6 Å². The highest BCUT2D eigenvalue weighted by molar-refractivity contribution is 6.06. The van der Waals surface area contributed by atoms with Crippen molar-refractivity contribution < 1.29 is 14.7 Å². The van der Waals surface area contributed by atoms with E-state index in [1.165, 1.54) is 31.3 Å². The van der Waals surface area contributed by atoms with Gasteiger partial charge in [-0.15, -0.1) is 0 Å². The van der Waals surface area contributed by atoms with Crippen molar-refractivity contribution >= 4 is 11.7 Å². The Balaban J connectivity index is 1.73. The van der Waals surface area contributed by atoms with E-state index in [1.807, 2.05) is 11.8 Å². The van der Waals surface area contributed by atoms with Crippen LogP contribution in [0.25, 0.3) is 0 Å². The third-order valence-corrected chi connectivity index (χ3v) is 11.9. The second-order valence-corrected chi connectivity index (χ2v) is 13.7.